The quantitative estimate of drug-likeness (QED) is 0.926. The maximum Gasteiger partial charge on any atom is 0.243 e. The largest absolute Gasteiger partial charge is 0.316 e. The Balaban J connectivity index is 2.44. The van der Waals surface area contributed by atoms with Crippen molar-refractivity contribution in [1.82, 2.24) is 9.62 Å². The number of sulfonamides is 1. The Morgan fingerprint density at radius 2 is 1.80 bits per heavy atom. The standard InChI is InChI=1S/C15H24N2O2S/c1-12-9-14(11-16-3)10-15(13(12)2)20(18,19)17-7-5-4-6-8-17/h9-10,16H,4-8,11H2,1-3H3. The van der Waals surface area contributed by atoms with Crippen LogP contribution in [-0.2, 0) is 16.6 Å². The molecule has 1 aromatic rings. The lowest BCUT2D eigenvalue weighted by Gasteiger charge is -2.27. The summed E-state index contributed by atoms with van der Waals surface area (Å²) in [5, 5.41) is 3.08. The molecule has 5 heteroatoms. The second-order valence-corrected chi connectivity index (χ2v) is 7.44. The molecule has 1 heterocycles. The van der Waals surface area contributed by atoms with E-state index in [1.807, 2.05) is 27.0 Å². The number of hydrogen-bond donors (Lipinski definition) is 1. The van der Waals surface area contributed by atoms with Gasteiger partial charge in [0.15, 0.2) is 0 Å². The molecule has 0 saturated carbocycles. The van der Waals surface area contributed by atoms with Gasteiger partial charge in [-0.1, -0.05) is 12.5 Å². The molecule has 4 nitrogen and oxygen atoms in total. The van der Waals surface area contributed by atoms with Crippen LogP contribution in [0.25, 0.3) is 0 Å². The third-order valence-corrected chi connectivity index (χ3v) is 6.02. The van der Waals surface area contributed by atoms with Crippen molar-refractivity contribution in [2.75, 3.05) is 20.1 Å². The van der Waals surface area contributed by atoms with E-state index in [0.29, 0.717) is 24.5 Å². The van der Waals surface area contributed by atoms with Crippen molar-refractivity contribution in [3.8, 4) is 0 Å². The Hall–Kier alpha value is -0.910. The molecule has 1 saturated heterocycles. The smallest absolute Gasteiger partial charge is 0.243 e. The van der Waals surface area contributed by atoms with E-state index in [2.05, 4.69) is 11.4 Å². The fraction of sp³-hybridized carbons (Fsp3) is 0.600. The Morgan fingerprint density at radius 1 is 1.15 bits per heavy atom. The van der Waals surface area contributed by atoms with E-state index in [1.165, 1.54) is 0 Å². The van der Waals surface area contributed by atoms with Crippen molar-refractivity contribution < 1.29 is 8.42 Å². The average molecular weight is 296 g/mol. The van der Waals surface area contributed by atoms with Crippen molar-refractivity contribution in [2.45, 2.75) is 44.6 Å². The summed E-state index contributed by atoms with van der Waals surface area (Å²) in [6.45, 7) is 5.86. The molecule has 20 heavy (non-hydrogen) atoms. The molecule has 0 unspecified atom stereocenters. The first-order valence-corrected chi connectivity index (χ1v) is 8.65. The summed E-state index contributed by atoms with van der Waals surface area (Å²) in [5.74, 6) is 0. The van der Waals surface area contributed by atoms with Gasteiger partial charge >= 0.3 is 0 Å². The zero-order chi connectivity index (χ0) is 14.8. The van der Waals surface area contributed by atoms with Crippen LogP contribution in [0.1, 0.15) is 36.0 Å². The summed E-state index contributed by atoms with van der Waals surface area (Å²) in [4.78, 5) is 0.477. The highest BCUT2D eigenvalue weighted by Gasteiger charge is 2.28. The molecule has 1 aromatic carbocycles. The van der Waals surface area contributed by atoms with Gasteiger partial charge in [0.25, 0.3) is 0 Å². The van der Waals surface area contributed by atoms with Gasteiger partial charge in [-0.05, 0) is 56.5 Å². The van der Waals surface area contributed by atoms with E-state index in [1.54, 1.807) is 4.31 Å². The van der Waals surface area contributed by atoms with Crippen LogP contribution in [0, 0.1) is 13.8 Å². The predicted octanol–water partition coefficient (Wildman–Crippen LogP) is 2.20. The van der Waals surface area contributed by atoms with E-state index in [4.69, 9.17) is 0 Å². The first-order chi connectivity index (χ1) is 9.46. The lowest BCUT2D eigenvalue weighted by molar-refractivity contribution is 0.346. The molecule has 1 aliphatic heterocycles. The van der Waals surface area contributed by atoms with Crippen LogP contribution in [0.5, 0.6) is 0 Å². The zero-order valence-corrected chi connectivity index (χ0v) is 13.4. The van der Waals surface area contributed by atoms with E-state index in [0.717, 1.165) is 36.0 Å². The maximum absolute atomic E-state index is 12.8. The highest BCUT2D eigenvalue weighted by atomic mass is 32.2. The molecule has 0 atom stereocenters. The summed E-state index contributed by atoms with van der Waals surface area (Å²) >= 11 is 0. The molecule has 1 fully saturated rings. The Bertz CT molecular complexity index is 576. The molecule has 0 bridgehead atoms. The highest BCUT2D eigenvalue weighted by Crippen LogP contribution is 2.26. The zero-order valence-electron chi connectivity index (χ0n) is 12.6. The number of aryl methyl sites for hydroxylation is 1. The molecule has 112 valence electrons. The van der Waals surface area contributed by atoms with E-state index in [-0.39, 0.29) is 0 Å². The Morgan fingerprint density at radius 3 is 2.40 bits per heavy atom. The van der Waals surface area contributed by atoms with Crippen LogP contribution >= 0.6 is 0 Å². The molecular weight excluding hydrogens is 272 g/mol. The number of hydrogen-bond acceptors (Lipinski definition) is 3. The number of rotatable bonds is 4. The molecular formula is C15H24N2O2S. The highest BCUT2D eigenvalue weighted by molar-refractivity contribution is 7.89. The van der Waals surface area contributed by atoms with Crippen LogP contribution in [-0.4, -0.2) is 32.9 Å². The fourth-order valence-electron chi connectivity index (χ4n) is 2.72. The van der Waals surface area contributed by atoms with Gasteiger partial charge in [0.05, 0.1) is 4.90 Å². The van der Waals surface area contributed by atoms with Crippen molar-refractivity contribution in [2.24, 2.45) is 0 Å². The van der Waals surface area contributed by atoms with Crippen LogP contribution < -0.4 is 5.32 Å². The monoisotopic (exact) mass is 296 g/mol. The second-order valence-electron chi connectivity index (χ2n) is 5.53. The minimum Gasteiger partial charge on any atom is -0.316 e. The van der Waals surface area contributed by atoms with Gasteiger partial charge in [0.2, 0.25) is 10.0 Å². The number of piperidine rings is 1. The summed E-state index contributed by atoms with van der Waals surface area (Å²) in [5.41, 5.74) is 2.93. The second kappa shape index (κ2) is 6.24. The Kier molecular flexibility index (Phi) is 4.83. The van der Waals surface area contributed by atoms with Gasteiger partial charge in [0, 0.05) is 19.6 Å². The van der Waals surface area contributed by atoms with Crippen LogP contribution in [0.2, 0.25) is 0 Å². The fourth-order valence-corrected chi connectivity index (χ4v) is 4.58. The van der Waals surface area contributed by atoms with Crippen molar-refractivity contribution >= 4 is 10.0 Å². The SMILES string of the molecule is CNCc1cc(C)c(C)c(S(=O)(=O)N2CCCCC2)c1. The molecule has 2 rings (SSSR count). The van der Waals surface area contributed by atoms with Gasteiger partial charge in [-0.15, -0.1) is 0 Å². The van der Waals surface area contributed by atoms with Gasteiger partial charge < -0.3 is 5.32 Å². The van der Waals surface area contributed by atoms with Crippen molar-refractivity contribution in [3.63, 3.8) is 0 Å². The number of benzene rings is 1. The molecule has 0 radical (unpaired) electrons. The van der Waals surface area contributed by atoms with E-state index >= 15 is 0 Å². The van der Waals surface area contributed by atoms with Crippen LogP contribution in [0.3, 0.4) is 0 Å². The third kappa shape index (κ3) is 3.05. The molecule has 1 N–H and O–H groups in total. The van der Waals surface area contributed by atoms with Crippen LogP contribution in [0.4, 0.5) is 0 Å². The summed E-state index contributed by atoms with van der Waals surface area (Å²) in [6.07, 6.45) is 3.06. The average Bonchev–Trinajstić information content (AvgIpc) is 2.43. The molecule has 0 amide bonds. The number of nitrogens with one attached hydrogen (secondary N) is 1. The topological polar surface area (TPSA) is 49.4 Å². The van der Waals surface area contributed by atoms with E-state index < -0.39 is 10.0 Å². The van der Waals surface area contributed by atoms with Gasteiger partial charge in [0.1, 0.15) is 0 Å². The normalized spacial score (nSPS) is 17.4. The third-order valence-electron chi connectivity index (χ3n) is 3.99. The van der Waals surface area contributed by atoms with E-state index in [9.17, 15) is 8.42 Å². The molecule has 0 aromatic heterocycles. The summed E-state index contributed by atoms with van der Waals surface area (Å²) in [7, 11) is -1.48. The van der Waals surface area contributed by atoms with Gasteiger partial charge in [-0.2, -0.15) is 4.31 Å². The minimum atomic E-state index is -3.35. The molecule has 1 aliphatic rings. The summed E-state index contributed by atoms with van der Waals surface area (Å²) < 4.78 is 27.3. The lowest BCUT2D eigenvalue weighted by Crippen LogP contribution is -2.36. The summed E-state index contributed by atoms with van der Waals surface area (Å²) in [6, 6.07) is 3.88. The molecule has 0 spiro atoms. The van der Waals surface area contributed by atoms with Crippen LogP contribution in [0.15, 0.2) is 17.0 Å². The van der Waals surface area contributed by atoms with Gasteiger partial charge in [-0.3, -0.25) is 0 Å². The maximum atomic E-state index is 12.8. The first kappa shape index (κ1) is 15.5. The Labute approximate surface area is 122 Å². The van der Waals surface area contributed by atoms with Crippen molar-refractivity contribution in [1.29, 1.82) is 0 Å². The molecule has 0 aliphatic carbocycles. The van der Waals surface area contributed by atoms with Crippen molar-refractivity contribution in [3.05, 3.63) is 28.8 Å². The van der Waals surface area contributed by atoms with Gasteiger partial charge in [-0.25, -0.2) is 8.42 Å². The minimum absolute atomic E-state index is 0.477. The predicted molar refractivity (Wildman–Crippen MR) is 81.3 cm³/mol. The first-order valence-electron chi connectivity index (χ1n) is 7.21. The lowest BCUT2D eigenvalue weighted by atomic mass is 10.1. The number of nitrogens with zero attached hydrogens (tertiary/aromatic N) is 1.